The summed E-state index contributed by atoms with van der Waals surface area (Å²) in [5.74, 6) is 1.60. The van der Waals surface area contributed by atoms with Crippen molar-refractivity contribution in [2.24, 2.45) is 0 Å². The van der Waals surface area contributed by atoms with Gasteiger partial charge in [-0.3, -0.25) is 0 Å². The molecule has 0 saturated heterocycles. The number of hydrogen-bond donors (Lipinski definition) is 1. The van der Waals surface area contributed by atoms with Crippen LogP contribution in [0.2, 0.25) is 0 Å². The second-order valence-corrected chi connectivity index (χ2v) is 5.39. The van der Waals surface area contributed by atoms with Gasteiger partial charge in [0.05, 0.1) is 0 Å². The van der Waals surface area contributed by atoms with E-state index in [2.05, 4.69) is 32.5 Å². The van der Waals surface area contributed by atoms with Crippen LogP contribution in [0, 0.1) is 0 Å². The van der Waals surface area contributed by atoms with Crippen LogP contribution < -0.4 is 0 Å². The Balaban J connectivity index is 1.89. The van der Waals surface area contributed by atoms with Crippen molar-refractivity contribution in [3.63, 3.8) is 0 Å². The average molecular weight is 241 g/mol. The Morgan fingerprint density at radius 3 is 3.06 bits per heavy atom. The number of aromatic nitrogens is 3. The van der Waals surface area contributed by atoms with Gasteiger partial charge < -0.3 is 4.98 Å². The van der Waals surface area contributed by atoms with Gasteiger partial charge in [0.2, 0.25) is 0 Å². The van der Waals surface area contributed by atoms with E-state index >= 15 is 0 Å². The molecule has 4 heteroatoms. The minimum atomic E-state index is 0.605. The Bertz CT molecular complexity index is 665. The summed E-state index contributed by atoms with van der Waals surface area (Å²) in [5, 5.41) is 3.21. The van der Waals surface area contributed by atoms with Gasteiger partial charge in [-0.1, -0.05) is 6.07 Å². The lowest BCUT2D eigenvalue weighted by Crippen LogP contribution is -1.91. The van der Waals surface area contributed by atoms with Crippen LogP contribution in [-0.2, 0) is 0 Å². The van der Waals surface area contributed by atoms with Gasteiger partial charge in [0.15, 0.2) is 0 Å². The van der Waals surface area contributed by atoms with Gasteiger partial charge in [0.1, 0.15) is 11.5 Å². The van der Waals surface area contributed by atoms with Crippen LogP contribution in [-0.4, -0.2) is 15.0 Å². The van der Waals surface area contributed by atoms with Crippen molar-refractivity contribution in [1.82, 2.24) is 15.0 Å². The Morgan fingerprint density at radius 1 is 1.35 bits per heavy atom. The molecule has 3 nitrogen and oxygen atoms in total. The van der Waals surface area contributed by atoms with Crippen molar-refractivity contribution < 1.29 is 0 Å². The number of fused-ring (bicyclic) bond motifs is 1. The summed E-state index contributed by atoms with van der Waals surface area (Å²) in [6.07, 6.45) is 6.47. The molecule has 1 aliphatic rings. The standard InChI is InChI=1S/C13H11N3S/c1-2-11(17-5-1)9-6-15-13-10(9)7-14-12(16-13)8-3-4-8/h1-2,5-8H,3-4H2,(H,14,15,16). The van der Waals surface area contributed by atoms with Gasteiger partial charge in [0.25, 0.3) is 0 Å². The predicted molar refractivity (Wildman–Crippen MR) is 69.2 cm³/mol. The monoisotopic (exact) mass is 241 g/mol. The molecule has 1 N–H and O–H groups in total. The Morgan fingerprint density at radius 2 is 2.29 bits per heavy atom. The van der Waals surface area contributed by atoms with Gasteiger partial charge in [-0.2, -0.15) is 0 Å². The third-order valence-electron chi connectivity index (χ3n) is 3.18. The van der Waals surface area contributed by atoms with E-state index in [0.717, 1.165) is 16.9 Å². The van der Waals surface area contributed by atoms with Crippen molar-refractivity contribution in [2.75, 3.05) is 0 Å². The van der Waals surface area contributed by atoms with Gasteiger partial charge in [0, 0.05) is 34.1 Å². The van der Waals surface area contributed by atoms with Crippen LogP contribution in [0.25, 0.3) is 21.5 Å². The maximum atomic E-state index is 4.61. The molecule has 0 amide bonds. The maximum Gasteiger partial charge on any atom is 0.141 e. The molecule has 1 aliphatic carbocycles. The molecule has 3 heterocycles. The lowest BCUT2D eigenvalue weighted by Gasteiger charge is -1.97. The fourth-order valence-corrected chi connectivity index (χ4v) is 2.85. The molecule has 4 rings (SSSR count). The van der Waals surface area contributed by atoms with Crippen LogP contribution in [0.4, 0.5) is 0 Å². The molecule has 0 spiro atoms. The Hall–Kier alpha value is -1.68. The molecule has 0 aromatic carbocycles. The normalized spacial score (nSPS) is 15.5. The van der Waals surface area contributed by atoms with E-state index in [0.29, 0.717) is 5.92 Å². The first kappa shape index (κ1) is 9.36. The quantitative estimate of drug-likeness (QED) is 0.745. The summed E-state index contributed by atoms with van der Waals surface area (Å²) in [6.45, 7) is 0. The zero-order valence-corrected chi connectivity index (χ0v) is 10.00. The molecule has 3 aromatic heterocycles. The van der Waals surface area contributed by atoms with Crippen molar-refractivity contribution in [3.8, 4) is 10.4 Å². The summed E-state index contributed by atoms with van der Waals surface area (Å²) in [4.78, 5) is 13.6. The molecular formula is C13H11N3S. The molecule has 3 aromatic rings. The fourth-order valence-electron chi connectivity index (χ4n) is 2.09. The highest BCUT2D eigenvalue weighted by atomic mass is 32.1. The number of aromatic amines is 1. The molecule has 0 radical (unpaired) electrons. The molecular weight excluding hydrogens is 230 g/mol. The minimum absolute atomic E-state index is 0.605. The van der Waals surface area contributed by atoms with Gasteiger partial charge in [-0.25, -0.2) is 9.97 Å². The lowest BCUT2D eigenvalue weighted by molar-refractivity contribution is 0.943. The topological polar surface area (TPSA) is 41.6 Å². The number of hydrogen-bond acceptors (Lipinski definition) is 3. The van der Waals surface area contributed by atoms with Crippen molar-refractivity contribution >= 4 is 22.4 Å². The average Bonchev–Trinajstić information content (AvgIpc) is 2.91. The number of nitrogens with one attached hydrogen (secondary N) is 1. The smallest absolute Gasteiger partial charge is 0.141 e. The van der Waals surface area contributed by atoms with Crippen LogP contribution in [0.15, 0.2) is 29.9 Å². The van der Waals surface area contributed by atoms with Crippen LogP contribution in [0.5, 0.6) is 0 Å². The SMILES string of the molecule is c1csc(-c2c[nH]c3nc(C4CC4)ncc23)c1. The Labute approximate surface area is 103 Å². The number of rotatable bonds is 2. The molecule has 0 bridgehead atoms. The van der Waals surface area contributed by atoms with Gasteiger partial charge in [-0.15, -0.1) is 11.3 Å². The molecule has 1 saturated carbocycles. The summed E-state index contributed by atoms with van der Waals surface area (Å²) < 4.78 is 0. The van der Waals surface area contributed by atoms with E-state index in [1.54, 1.807) is 11.3 Å². The predicted octanol–water partition coefficient (Wildman–Crippen LogP) is 3.56. The van der Waals surface area contributed by atoms with Crippen molar-refractivity contribution in [2.45, 2.75) is 18.8 Å². The molecule has 1 fully saturated rings. The zero-order chi connectivity index (χ0) is 11.2. The van der Waals surface area contributed by atoms with Crippen LogP contribution in [0.1, 0.15) is 24.6 Å². The van der Waals surface area contributed by atoms with E-state index in [1.165, 1.54) is 23.3 Å². The second-order valence-electron chi connectivity index (χ2n) is 4.44. The highest BCUT2D eigenvalue weighted by molar-refractivity contribution is 7.13. The maximum absolute atomic E-state index is 4.61. The van der Waals surface area contributed by atoms with Crippen molar-refractivity contribution in [3.05, 3.63) is 35.7 Å². The minimum Gasteiger partial charge on any atom is -0.345 e. The van der Waals surface area contributed by atoms with E-state index in [4.69, 9.17) is 0 Å². The summed E-state index contributed by atoms with van der Waals surface area (Å²) in [6, 6.07) is 4.19. The molecule has 84 valence electrons. The Kier molecular flexibility index (Phi) is 1.87. The molecule has 0 aliphatic heterocycles. The van der Waals surface area contributed by atoms with Crippen molar-refractivity contribution in [1.29, 1.82) is 0 Å². The number of H-pyrrole nitrogens is 1. The van der Waals surface area contributed by atoms with Crippen LogP contribution in [0.3, 0.4) is 0 Å². The first-order chi connectivity index (χ1) is 8.42. The zero-order valence-electron chi connectivity index (χ0n) is 9.18. The second kappa shape index (κ2) is 3.40. The summed E-state index contributed by atoms with van der Waals surface area (Å²) >= 11 is 1.74. The van der Waals surface area contributed by atoms with E-state index in [9.17, 15) is 0 Å². The third-order valence-corrected chi connectivity index (χ3v) is 4.08. The molecule has 17 heavy (non-hydrogen) atoms. The van der Waals surface area contributed by atoms with Gasteiger partial charge >= 0.3 is 0 Å². The first-order valence-corrected chi connectivity index (χ1v) is 6.68. The van der Waals surface area contributed by atoms with Crippen LogP contribution >= 0.6 is 11.3 Å². The van der Waals surface area contributed by atoms with E-state index in [1.807, 2.05) is 12.4 Å². The lowest BCUT2D eigenvalue weighted by atomic mass is 10.2. The molecule has 0 atom stereocenters. The third kappa shape index (κ3) is 1.48. The largest absolute Gasteiger partial charge is 0.345 e. The highest BCUT2D eigenvalue weighted by Crippen LogP contribution is 2.39. The summed E-state index contributed by atoms with van der Waals surface area (Å²) in [7, 11) is 0. The van der Waals surface area contributed by atoms with E-state index < -0.39 is 0 Å². The van der Waals surface area contributed by atoms with Gasteiger partial charge in [-0.05, 0) is 24.3 Å². The molecule has 0 unspecified atom stereocenters. The highest BCUT2D eigenvalue weighted by Gasteiger charge is 2.26. The van der Waals surface area contributed by atoms with E-state index in [-0.39, 0.29) is 0 Å². The fraction of sp³-hybridized carbons (Fsp3) is 0.231. The number of thiophene rings is 1. The number of nitrogens with zero attached hydrogens (tertiary/aromatic N) is 2. The first-order valence-electron chi connectivity index (χ1n) is 5.80. The summed E-state index contributed by atoms with van der Waals surface area (Å²) in [5.41, 5.74) is 2.17.